The number of rotatable bonds is 5. The van der Waals surface area contributed by atoms with Crippen LogP contribution in [0.4, 0.5) is 5.82 Å². The van der Waals surface area contributed by atoms with Gasteiger partial charge >= 0.3 is 0 Å². The Morgan fingerprint density at radius 2 is 2.11 bits per heavy atom. The summed E-state index contributed by atoms with van der Waals surface area (Å²) in [5.41, 5.74) is 6.27. The molecule has 0 aliphatic heterocycles. The van der Waals surface area contributed by atoms with E-state index < -0.39 is 0 Å². The van der Waals surface area contributed by atoms with E-state index in [1.807, 2.05) is 6.07 Å². The predicted molar refractivity (Wildman–Crippen MR) is 73.6 cm³/mol. The summed E-state index contributed by atoms with van der Waals surface area (Å²) in [6, 6.07) is 3.76. The highest BCUT2D eigenvalue weighted by molar-refractivity contribution is 5.93. The third-order valence-electron chi connectivity index (χ3n) is 2.81. The summed E-state index contributed by atoms with van der Waals surface area (Å²) >= 11 is 0. The van der Waals surface area contributed by atoms with Gasteiger partial charge in [0.25, 0.3) is 5.91 Å². The maximum atomic E-state index is 11.7. The van der Waals surface area contributed by atoms with Crippen molar-refractivity contribution in [2.75, 3.05) is 26.0 Å². The van der Waals surface area contributed by atoms with Gasteiger partial charge in [0.05, 0.1) is 5.56 Å². The second-order valence-corrected chi connectivity index (χ2v) is 4.86. The molecule has 1 amide bonds. The normalized spacial score (nSPS) is 12.3. The van der Waals surface area contributed by atoms with E-state index in [2.05, 4.69) is 24.1 Å². The molecular weight excluding hydrogens is 228 g/mol. The van der Waals surface area contributed by atoms with E-state index in [-0.39, 0.29) is 11.9 Å². The second kappa shape index (κ2) is 6.35. The van der Waals surface area contributed by atoms with E-state index in [0.717, 1.165) is 5.82 Å². The van der Waals surface area contributed by atoms with Crippen molar-refractivity contribution in [2.45, 2.75) is 19.9 Å². The van der Waals surface area contributed by atoms with Gasteiger partial charge in [-0.1, -0.05) is 13.8 Å². The lowest BCUT2D eigenvalue weighted by Gasteiger charge is -2.21. The maximum Gasteiger partial charge on any atom is 0.254 e. The third kappa shape index (κ3) is 3.70. The van der Waals surface area contributed by atoms with Crippen molar-refractivity contribution in [1.82, 2.24) is 9.88 Å². The number of nitrogens with two attached hydrogens (primary N) is 1. The molecule has 0 aliphatic carbocycles. The minimum absolute atomic E-state index is 0.0479. The van der Waals surface area contributed by atoms with Crippen LogP contribution in [-0.2, 0) is 0 Å². The van der Waals surface area contributed by atoms with Crippen LogP contribution >= 0.6 is 0 Å². The van der Waals surface area contributed by atoms with Gasteiger partial charge in [0.15, 0.2) is 0 Å². The average molecular weight is 250 g/mol. The van der Waals surface area contributed by atoms with Crippen molar-refractivity contribution in [3.8, 4) is 0 Å². The number of carbonyl (C=O) groups excluding carboxylic acids is 1. The smallest absolute Gasteiger partial charge is 0.254 e. The molecule has 5 heteroatoms. The molecule has 1 heterocycles. The molecule has 0 aliphatic rings. The Kier molecular flexibility index (Phi) is 5.09. The van der Waals surface area contributed by atoms with Crippen molar-refractivity contribution in [1.29, 1.82) is 0 Å². The highest BCUT2D eigenvalue weighted by atomic mass is 16.2. The first-order chi connectivity index (χ1) is 8.45. The van der Waals surface area contributed by atoms with E-state index in [4.69, 9.17) is 5.73 Å². The Morgan fingerprint density at radius 3 is 2.50 bits per heavy atom. The highest BCUT2D eigenvalue weighted by Crippen LogP contribution is 2.11. The number of amides is 1. The lowest BCUT2D eigenvalue weighted by molar-refractivity contribution is 0.0827. The summed E-state index contributed by atoms with van der Waals surface area (Å²) in [6.45, 7) is 4.76. The van der Waals surface area contributed by atoms with Crippen LogP contribution < -0.4 is 11.1 Å². The molecule has 1 rings (SSSR count). The lowest BCUT2D eigenvalue weighted by Crippen LogP contribution is -2.34. The fourth-order valence-electron chi connectivity index (χ4n) is 1.55. The topological polar surface area (TPSA) is 71.2 Å². The molecular formula is C13H22N4O. The monoisotopic (exact) mass is 250 g/mol. The largest absolute Gasteiger partial charge is 0.366 e. The maximum absolute atomic E-state index is 11.7. The van der Waals surface area contributed by atoms with Crippen molar-refractivity contribution in [3.63, 3.8) is 0 Å². The van der Waals surface area contributed by atoms with Gasteiger partial charge < -0.3 is 16.0 Å². The van der Waals surface area contributed by atoms with Crippen LogP contribution in [0.15, 0.2) is 18.3 Å². The number of nitrogens with one attached hydrogen (secondary N) is 1. The van der Waals surface area contributed by atoms with Gasteiger partial charge in [-0.05, 0) is 18.1 Å². The number of carbonyl (C=O) groups is 1. The van der Waals surface area contributed by atoms with Gasteiger partial charge in [-0.15, -0.1) is 0 Å². The average Bonchev–Trinajstić information content (AvgIpc) is 2.35. The summed E-state index contributed by atoms with van der Waals surface area (Å²) < 4.78 is 0. The molecule has 0 aromatic carbocycles. The van der Waals surface area contributed by atoms with E-state index in [1.165, 1.54) is 4.90 Å². The van der Waals surface area contributed by atoms with Crippen molar-refractivity contribution in [3.05, 3.63) is 23.9 Å². The van der Waals surface area contributed by atoms with Crippen LogP contribution in [0.25, 0.3) is 0 Å². The lowest BCUT2D eigenvalue weighted by atomic mass is 10.0. The van der Waals surface area contributed by atoms with Crippen LogP contribution in [0.1, 0.15) is 24.2 Å². The number of nitrogens with zero attached hydrogens (tertiary/aromatic N) is 2. The van der Waals surface area contributed by atoms with E-state index in [1.54, 1.807) is 26.4 Å². The van der Waals surface area contributed by atoms with Gasteiger partial charge in [0.1, 0.15) is 5.82 Å². The van der Waals surface area contributed by atoms with Gasteiger partial charge in [-0.25, -0.2) is 4.98 Å². The number of hydrogen-bond acceptors (Lipinski definition) is 4. The van der Waals surface area contributed by atoms with Gasteiger partial charge in [0, 0.05) is 32.9 Å². The Bertz CT molecular complexity index is 386. The van der Waals surface area contributed by atoms with Crippen LogP contribution in [0, 0.1) is 5.92 Å². The number of aromatic nitrogens is 1. The quantitative estimate of drug-likeness (QED) is 0.823. The first-order valence-electron chi connectivity index (χ1n) is 6.10. The molecule has 1 aromatic heterocycles. The minimum Gasteiger partial charge on any atom is -0.366 e. The molecule has 5 nitrogen and oxygen atoms in total. The Morgan fingerprint density at radius 1 is 1.44 bits per heavy atom. The van der Waals surface area contributed by atoms with Gasteiger partial charge in [-0.3, -0.25) is 4.79 Å². The molecule has 0 spiro atoms. The Balaban J connectivity index is 2.74. The van der Waals surface area contributed by atoms with Crippen LogP contribution in [0.5, 0.6) is 0 Å². The molecule has 0 radical (unpaired) electrons. The van der Waals surface area contributed by atoms with Gasteiger partial charge in [0.2, 0.25) is 0 Å². The summed E-state index contributed by atoms with van der Waals surface area (Å²) in [4.78, 5) is 17.5. The molecule has 100 valence electrons. The number of anilines is 1. The number of pyridine rings is 1. The zero-order valence-electron chi connectivity index (χ0n) is 11.5. The minimum atomic E-state index is -0.0479. The fraction of sp³-hybridized carbons (Fsp3) is 0.538. The van der Waals surface area contributed by atoms with Crippen LogP contribution in [-0.4, -0.2) is 42.5 Å². The second-order valence-electron chi connectivity index (χ2n) is 4.86. The molecule has 1 aromatic rings. The molecule has 1 atom stereocenters. The third-order valence-corrected chi connectivity index (χ3v) is 2.81. The zero-order valence-corrected chi connectivity index (χ0v) is 11.5. The van der Waals surface area contributed by atoms with Crippen LogP contribution in [0.2, 0.25) is 0 Å². The molecule has 1 unspecified atom stereocenters. The molecule has 18 heavy (non-hydrogen) atoms. The number of hydrogen-bond donors (Lipinski definition) is 2. The predicted octanol–water partition coefficient (Wildman–Crippen LogP) is 1.18. The first kappa shape index (κ1) is 14.4. The van der Waals surface area contributed by atoms with Crippen molar-refractivity contribution < 1.29 is 4.79 Å². The SMILES string of the molecule is CC(C)C(CN)Nc1ccc(C(=O)N(C)C)cn1. The first-order valence-corrected chi connectivity index (χ1v) is 6.10. The summed E-state index contributed by atoms with van der Waals surface area (Å²) in [6.07, 6.45) is 1.58. The van der Waals surface area contributed by atoms with Crippen molar-refractivity contribution >= 4 is 11.7 Å². The Hall–Kier alpha value is -1.62. The van der Waals surface area contributed by atoms with E-state index in [0.29, 0.717) is 18.0 Å². The molecule has 0 bridgehead atoms. The Labute approximate surface area is 108 Å². The van der Waals surface area contributed by atoms with Crippen LogP contribution in [0.3, 0.4) is 0 Å². The van der Waals surface area contributed by atoms with Gasteiger partial charge in [-0.2, -0.15) is 0 Å². The fourth-order valence-corrected chi connectivity index (χ4v) is 1.55. The zero-order chi connectivity index (χ0) is 13.7. The van der Waals surface area contributed by atoms with E-state index in [9.17, 15) is 4.79 Å². The summed E-state index contributed by atoms with van der Waals surface area (Å²) in [5.74, 6) is 1.13. The molecule has 0 saturated carbocycles. The van der Waals surface area contributed by atoms with E-state index >= 15 is 0 Å². The summed E-state index contributed by atoms with van der Waals surface area (Å²) in [7, 11) is 3.44. The van der Waals surface area contributed by atoms with Crippen molar-refractivity contribution in [2.24, 2.45) is 11.7 Å². The molecule has 0 saturated heterocycles. The molecule has 3 N–H and O–H groups in total. The molecule has 0 fully saturated rings. The summed E-state index contributed by atoms with van der Waals surface area (Å²) in [5, 5.41) is 3.26. The standard InChI is InChI=1S/C13H22N4O/c1-9(2)11(7-14)16-12-6-5-10(8-15-12)13(18)17(3)4/h5-6,8-9,11H,7,14H2,1-4H3,(H,15,16). The highest BCUT2D eigenvalue weighted by Gasteiger charge is 2.12.